The van der Waals surface area contributed by atoms with Crippen molar-refractivity contribution in [2.75, 3.05) is 5.43 Å². The molecule has 21 heavy (non-hydrogen) atoms. The maximum absolute atomic E-state index is 4.51. The Bertz CT molecular complexity index is 641. The molecule has 0 unspecified atom stereocenters. The van der Waals surface area contributed by atoms with Crippen LogP contribution in [-0.2, 0) is 0 Å². The number of nitrogens with one attached hydrogen (secondary N) is 1. The van der Waals surface area contributed by atoms with Crippen molar-refractivity contribution in [1.82, 2.24) is 19.8 Å². The predicted molar refractivity (Wildman–Crippen MR) is 83.3 cm³/mol. The van der Waals surface area contributed by atoms with Crippen LogP contribution in [0.25, 0.3) is 5.65 Å². The van der Waals surface area contributed by atoms with Gasteiger partial charge in [0.25, 0.3) is 0 Å². The van der Waals surface area contributed by atoms with Gasteiger partial charge < -0.3 is 0 Å². The molecule has 0 aromatic carbocycles. The lowest BCUT2D eigenvalue weighted by molar-refractivity contribution is 0.208. The fourth-order valence-corrected chi connectivity index (χ4v) is 2.85. The number of hydrogen-bond acceptors (Lipinski definition) is 5. The van der Waals surface area contributed by atoms with Crippen LogP contribution in [0.2, 0.25) is 0 Å². The summed E-state index contributed by atoms with van der Waals surface area (Å²) in [6.45, 7) is 6.99. The van der Waals surface area contributed by atoms with Gasteiger partial charge in [-0.3, -0.25) is 5.43 Å². The average Bonchev–Trinajstić information content (AvgIpc) is 2.92. The molecule has 6 nitrogen and oxygen atoms in total. The van der Waals surface area contributed by atoms with Crippen LogP contribution in [0.15, 0.2) is 23.6 Å². The number of rotatable bonds is 2. The van der Waals surface area contributed by atoms with Gasteiger partial charge in [-0.1, -0.05) is 20.8 Å². The van der Waals surface area contributed by atoms with Crippen LogP contribution in [0.5, 0.6) is 0 Å². The fourth-order valence-electron chi connectivity index (χ4n) is 2.85. The third kappa shape index (κ3) is 3.20. The van der Waals surface area contributed by atoms with Gasteiger partial charge in [-0.2, -0.15) is 9.62 Å². The second kappa shape index (κ2) is 5.42. The molecule has 1 fully saturated rings. The van der Waals surface area contributed by atoms with Crippen LogP contribution >= 0.6 is 0 Å². The van der Waals surface area contributed by atoms with E-state index in [0.717, 1.165) is 24.4 Å². The Morgan fingerprint density at radius 3 is 2.71 bits per heavy atom. The molecule has 1 aliphatic carbocycles. The summed E-state index contributed by atoms with van der Waals surface area (Å²) in [7, 11) is 0. The van der Waals surface area contributed by atoms with Crippen molar-refractivity contribution < 1.29 is 0 Å². The molecule has 1 N–H and O–H groups in total. The van der Waals surface area contributed by atoms with E-state index in [4.69, 9.17) is 0 Å². The standard InChI is InChI=1S/C15H22N6/c1-15(2,3)11-4-6-12(7-5-11)17-18-13-8-9-14-19-16-10-21(14)20-13/h8-11H,4-7H2,1-3H3,(H,18,20). The highest BCUT2D eigenvalue weighted by Gasteiger charge is 2.27. The van der Waals surface area contributed by atoms with Gasteiger partial charge in [-0.05, 0) is 49.1 Å². The summed E-state index contributed by atoms with van der Waals surface area (Å²) in [6.07, 6.45) is 6.18. The average molecular weight is 286 g/mol. The lowest BCUT2D eigenvalue weighted by Gasteiger charge is -2.34. The van der Waals surface area contributed by atoms with E-state index in [2.05, 4.69) is 46.6 Å². The van der Waals surface area contributed by atoms with E-state index in [1.165, 1.54) is 18.6 Å². The summed E-state index contributed by atoms with van der Waals surface area (Å²) < 4.78 is 1.64. The molecule has 0 spiro atoms. The molecule has 3 rings (SSSR count). The van der Waals surface area contributed by atoms with Gasteiger partial charge in [-0.15, -0.1) is 15.3 Å². The zero-order chi connectivity index (χ0) is 14.9. The van der Waals surface area contributed by atoms with E-state index in [-0.39, 0.29) is 0 Å². The first kappa shape index (κ1) is 14.0. The monoisotopic (exact) mass is 286 g/mol. The Kier molecular flexibility index (Phi) is 3.61. The maximum atomic E-state index is 4.51. The number of aromatic nitrogens is 4. The van der Waals surface area contributed by atoms with Gasteiger partial charge in [-0.25, -0.2) is 0 Å². The van der Waals surface area contributed by atoms with Gasteiger partial charge in [0.05, 0.1) is 0 Å². The van der Waals surface area contributed by atoms with Crippen LogP contribution < -0.4 is 5.43 Å². The van der Waals surface area contributed by atoms with Gasteiger partial charge in [0.15, 0.2) is 11.5 Å². The first-order valence-corrected chi connectivity index (χ1v) is 7.51. The SMILES string of the molecule is CC(C)(C)C1CCC(=NNc2ccc3nncn3n2)CC1. The number of fused-ring (bicyclic) bond motifs is 1. The molecule has 0 atom stereocenters. The van der Waals surface area contributed by atoms with Crippen LogP contribution in [0.3, 0.4) is 0 Å². The minimum absolute atomic E-state index is 0.403. The minimum Gasteiger partial charge on any atom is -0.260 e. The molecule has 0 saturated heterocycles. The summed E-state index contributed by atoms with van der Waals surface area (Å²) in [5.41, 5.74) is 5.43. The van der Waals surface area contributed by atoms with Crippen LogP contribution in [0, 0.1) is 11.3 Å². The van der Waals surface area contributed by atoms with Gasteiger partial charge in [0, 0.05) is 5.71 Å². The summed E-state index contributed by atoms with van der Waals surface area (Å²) in [5.74, 6) is 1.51. The summed E-state index contributed by atoms with van der Waals surface area (Å²) in [5, 5.41) is 16.6. The minimum atomic E-state index is 0.403. The van der Waals surface area contributed by atoms with Crippen molar-refractivity contribution in [3.8, 4) is 0 Å². The van der Waals surface area contributed by atoms with E-state index in [1.807, 2.05) is 12.1 Å². The first-order valence-electron chi connectivity index (χ1n) is 7.51. The largest absolute Gasteiger partial charge is 0.260 e. The smallest absolute Gasteiger partial charge is 0.177 e. The summed E-state index contributed by atoms with van der Waals surface area (Å²) >= 11 is 0. The van der Waals surface area contributed by atoms with Gasteiger partial charge >= 0.3 is 0 Å². The lowest BCUT2D eigenvalue weighted by Crippen LogP contribution is -2.26. The second-order valence-electron chi connectivity index (χ2n) is 6.78. The van der Waals surface area contributed by atoms with E-state index in [1.54, 1.807) is 10.8 Å². The normalized spacial score (nSPS) is 19.8. The number of hydrazone groups is 1. The van der Waals surface area contributed by atoms with Crippen molar-refractivity contribution in [3.63, 3.8) is 0 Å². The van der Waals surface area contributed by atoms with Crippen molar-refractivity contribution in [2.24, 2.45) is 16.4 Å². The highest BCUT2D eigenvalue weighted by atomic mass is 15.4. The Balaban J connectivity index is 1.62. The van der Waals surface area contributed by atoms with E-state index in [0.29, 0.717) is 11.2 Å². The van der Waals surface area contributed by atoms with Crippen LogP contribution in [-0.4, -0.2) is 25.5 Å². The van der Waals surface area contributed by atoms with Crippen LogP contribution in [0.4, 0.5) is 5.82 Å². The molecule has 6 heteroatoms. The molecule has 0 amide bonds. The molecule has 112 valence electrons. The zero-order valence-electron chi connectivity index (χ0n) is 12.9. The Labute approximate surface area is 124 Å². The second-order valence-corrected chi connectivity index (χ2v) is 6.78. The van der Waals surface area contributed by atoms with E-state index >= 15 is 0 Å². The van der Waals surface area contributed by atoms with E-state index < -0.39 is 0 Å². The Hall–Kier alpha value is -1.98. The van der Waals surface area contributed by atoms with Crippen molar-refractivity contribution in [3.05, 3.63) is 18.5 Å². The van der Waals surface area contributed by atoms with Crippen molar-refractivity contribution in [1.29, 1.82) is 0 Å². The molecule has 1 saturated carbocycles. The zero-order valence-corrected chi connectivity index (χ0v) is 12.9. The maximum Gasteiger partial charge on any atom is 0.177 e. The molecule has 0 radical (unpaired) electrons. The molecule has 2 aromatic rings. The number of anilines is 1. The summed E-state index contributed by atoms with van der Waals surface area (Å²) in [6, 6.07) is 3.74. The van der Waals surface area contributed by atoms with Gasteiger partial charge in [0.1, 0.15) is 6.33 Å². The molecule has 0 bridgehead atoms. The third-order valence-corrected chi connectivity index (χ3v) is 4.28. The number of nitrogens with zero attached hydrogens (tertiary/aromatic N) is 5. The highest BCUT2D eigenvalue weighted by Crippen LogP contribution is 2.36. The molecule has 2 aromatic heterocycles. The van der Waals surface area contributed by atoms with Gasteiger partial charge in [0.2, 0.25) is 0 Å². The quantitative estimate of drug-likeness (QED) is 0.861. The molecular weight excluding hydrogens is 264 g/mol. The Morgan fingerprint density at radius 2 is 2.00 bits per heavy atom. The Morgan fingerprint density at radius 1 is 1.24 bits per heavy atom. The van der Waals surface area contributed by atoms with E-state index in [9.17, 15) is 0 Å². The lowest BCUT2D eigenvalue weighted by atomic mass is 9.72. The predicted octanol–water partition coefficient (Wildman–Crippen LogP) is 3.13. The molecule has 2 heterocycles. The highest BCUT2D eigenvalue weighted by molar-refractivity contribution is 5.85. The van der Waals surface area contributed by atoms with Crippen LogP contribution in [0.1, 0.15) is 46.5 Å². The molecule has 0 aliphatic heterocycles. The van der Waals surface area contributed by atoms with Crippen molar-refractivity contribution >= 4 is 17.2 Å². The topological polar surface area (TPSA) is 67.5 Å². The molecular formula is C15H22N6. The number of hydrogen-bond donors (Lipinski definition) is 1. The third-order valence-electron chi connectivity index (χ3n) is 4.28. The first-order chi connectivity index (χ1) is 10.0. The summed E-state index contributed by atoms with van der Waals surface area (Å²) in [4.78, 5) is 0. The fraction of sp³-hybridized carbons (Fsp3) is 0.600. The molecule has 1 aliphatic rings. The van der Waals surface area contributed by atoms with Crippen molar-refractivity contribution in [2.45, 2.75) is 46.5 Å².